The van der Waals surface area contributed by atoms with Crippen LogP contribution in [-0.2, 0) is 16.2 Å². The van der Waals surface area contributed by atoms with Gasteiger partial charge in [-0.1, -0.05) is 159 Å². The van der Waals surface area contributed by atoms with E-state index in [0.717, 1.165) is 78.2 Å². The highest BCUT2D eigenvalue weighted by Crippen LogP contribution is 2.66. The van der Waals surface area contributed by atoms with E-state index in [4.69, 9.17) is 9.97 Å². The molecule has 7 heterocycles. The van der Waals surface area contributed by atoms with E-state index in [2.05, 4.69) is 217 Å². The molecule has 1 saturated heterocycles. The summed E-state index contributed by atoms with van der Waals surface area (Å²) in [6.07, 6.45) is 6.84. The largest absolute Gasteiger partial charge is 0.355 e. The molecular formula is C60H57N5. The third kappa shape index (κ3) is 6.30. The van der Waals surface area contributed by atoms with Crippen LogP contribution in [0.15, 0.2) is 121 Å². The van der Waals surface area contributed by atoms with Crippen molar-refractivity contribution in [3.05, 3.63) is 177 Å². The van der Waals surface area contributed by atoms with Crippen molar-refractivity contribution in [3.8, 4) is 33.4 Å². The Bertz CT molecular complexity index is 3330. The Balaban J connectivity index is 1.20. The molecule has 3 N–H and O–H groups in total. The second-order valence-corrected chi connectivity index (χ2v) is 22.1. The number of hydrogen-bond donors (Lipinski definition) is 3. The quantitative estimate of drug-likeness (QED) is 0.166. The zero-order valence-electron chi connectivity index (χ0n) is 39.0. The number of rotatable bonds is 3. The van der Waals surface area contributed by atoms with Crippen LogP contribution in [0.3, 0.4) is 0 Å². The molecule has 7 aromatic rings. The van der Waals surface area contributed by atoms with Gasteiger partial charge in [-0.25, -0.2) is 9.97 Å². The van der Waals surface area contributed by atoms with Crippen LogP contribution in [0, 0.1) is 5.92 Å². The molecule has 0 spiro atoms. The van der Waals surface area contributed by atoms with Gasteiger partial charge in [0.25, 0.3) is 0 Å². The van der Waals surface area contributed by atoms with Crippen molar-refractivity contribution in [2.75, 3.05) is 0 Å². The van der Waals surface area contributed by atoms with E-state index in [1.54, 1.807) is 0 Å². The van der Waals surface area contributed by atoms with E-state index in [9.17, 15) is 0 Å². The maximum Gasteiger partial charge on any atom is 0.0740 e. The Morgan fingerprint density at radius 2 is 0.815 bits per heavy atom. The number of benzene rings is 4. The lowest BCUT2D eigenvalue weighted by atomic mass is 9.75. The average Bonchev–Trinajstić information content (AvgIpc) is 4.14. The van der Waals surface area contributed by atoms with Gasteiger partial charge in [0.05, 0.1) is 22.8 Å². The molecule has 3 aromatic heterocycles. The van der Waals surface area contributed by atoms with E-state index in [1.165, 1.54) is 39.0 Å². The van der Waals surface area contributed by atoms with Crippen molar-refractivity contribution < 1.29 is 0 Å². The Labute approximate surface area is 382 Å². The summed E-state index contributed by atoms with van der Waals surface area (Å²) >= 11 is 0. The van der Waals surface area contributed by atoms with Gasteiger partial charge in [0.1, 0.15) is 0 Å². The van der Waals surface area contributed by atoms with Gasteiger partial charge in [0.15, 0.2) is 0 Å². The summed E-state index contributed by atoms with van der Waals surface area (Å²) in [7, 11) is 0. The van der Waals surface area contributed by atoms with Gasteiger partial charge in [-0.15, -0.1) is 0 Å². The van der Waals surface area contributed by atoms with Crippen LogP contribution in [0.5, 0.6) is 0 Å². The van der Waals surface area contributed by atoms with Crippen molar-refractivity contribution in [1.82, 2.24) is 25.3 Å². The summed E-state index contributed by atoms with van der Waals surface area (Å²) in [6.45, 7) is 20.5. The minimum Gasteiger partial charge on any atom is -0.355 e. The molecule has 4 aliphatic heterocycles. The fourth-order valence-electron chi connectivity index (χ4n) is 11.4. The van der Waals surface area contributed by atoms with Gasteiger partial charge in [-0.3, -0.25) is 0 Å². The maximum atomic E-state index is 5.78. The Hall–Kier alpha value is -6.56. The monoisotopic (exact) mass is 847 g/mol. The first-order valence-corrected chi connectivity index (χ1v) is 23.5. The molecule has 322 valence electrons. The van der Waals surface area contributed by atoms with Gasteiger partial charge in [-0.2, -0.15) is 0 Å². The van der Waals surface area contributed by atoms with Crippen molar-refractivity contribution in [2.24, 2.45) is 5.92 Å². The van der Waals surface area contributed by atoms with Crippen molar-refractivity contribution in [1.29, 1.82) is 0 Å². The minimum absolute atomic E-state index is 0.0321. The normalized spacial score (nSPS) is 19.4. The maximum absolute atomic E-state index is 5.78. The molecule has 4 aromatic carbocycles. The molecule has 0 amide bonds. The molecule has 4 atom stereocenters. The number of nitrogens with zero attached hydrogens (tertiary/aromatic N) is 2. The highest BCUT2D eigenvalue weighted by molar-refractivity contribution is 6.01. The number of H-pyrrole nitrogens is 2. The van der Waals surface area contributed by atoms with Crippen LogP contribution < -0.4 is 5.32 Å². The molecule has 5 aliphatic rings. The minimum atomic E-state index is 0.0321. The molecule has 5 nitrogen and oxygen atoms in total. The first kappa shape index (κ1) is 40.0. The second kappa shape index (κ2) is 14.0. The second-order valence-electron chi connectivity index (χ2n) is 22.1. The molecule has 65 heavy (non-hydrogen) atoms. The van der Waals surface area contributed by atoms with Crippen LogP contribution in [0.1, 0.15) is 136 Å². The molecule has 1 aliphatic carbocycles. The van der Waals surface area contributed by atoms with Crippen LogP contribution >= 0.6 is 0 Å². The van der Waals surface area contributed by atoms with Gasteiger partial charge in [0.2, 0.25) is 0 Å². The van der Waals surface area contributed by atoms with Crippen LogP contribution in [0.2, 0.25) is 0 Å². The molecule has 0 saturated carbocycles. The van der Waals surface area contributed by atoms with E-state index in [1.807, 2.05) is 0 Å². The number of aromatic nitrogens is 4. The first-order valence-electron chi connectivity index (χ1n) is 23.5. The van der Waals surface area contributed by atoms with E-state index in [-0.39, 0.29) is 40.2 Å². The van der Waals surface area contributed by atoms with E-state index in [0.29, 0.717) is 0 Å². The van der Waals surface area contributed by atoms with Gasteiger partial charge in [0, 0.05) is 68.2 Å². The highest BCUT2D eigenvalue weighted by atomic mass is 15.1. The first-order chi connectivity index (χ1) is 31.1. The predicted molar refractivity (Wildman–Crippen MR) is 271 cm³/mol. The Kier molecular flexibility index (Phi) is 8.59. The van der Waals surface area contributed by atoms with E-state index >= 15 is 0 Å². The molecular weight excluding hydrogens is 791 g/mol. The van der Waals surface area contributed by atoms with Crippen LogP contribution in [0.4, 0.5) is 0 Å². The molecule has 10 bridgehead atoms. The van der Waals surface area contributed by atoms with Gasteiger partial charge < -0.3 is 15.3 Å². The van der Waals surface area contributed by atoms with Crippen molar-refractivity contribution >= 4 is 45.9 Å². The van der Waals surface area contributed by atoms with Crippen molar-refractivity contribution in [3.63, 3.8) is 0 Å². The zero-order chi connectivity index (χ0) is 44.7. The smallest absolute Gasteiger partial charge is 0.0740 e. The lowest BCUT2D eigenvalue weighted by Crippen LogP contribution is -2.16. The molecule has 12 rings (SSSR count). The third-order valence-corrected chi connectivity index (χ3v) is 14.9. The highest BCUT2D eigenvalue weighted by Gasteiger charge is 2.57. The number of nitrogens with one attached hydrogen (secondary N) is 3. The Morgan fingerprint density at radius 1 is 0.415 bits per heavy atom. The topological polar surface area (TPSA) is 69.4 Å². The summed E-state index contributed by atoms with van der Waals surface area (Å²) in [5, 5.41) is 4.10. The van der Waals surface area contributed by atoms with Crippen LogP contribution in [0.25, 0.3) is 79.2 Å². The standard InChI is InChI=1S/C60H57N5/c1-58(2,3)36-20-14-33(15-21-36)49-42-26-27-43(61-42)50(34-16-22-37(23-17-34)59(4,5)6)45-30-31-47(63-45)53-54-52(55-39-12-10-11-13-40(39)56(54)65-55)41-32-48(64-57(41)53)51(46-29-28-44(49)62-46)35-18-24-38(25-19-35)60(7,8)9/h10-32,52,54-56,62-63,65H,1-9H3/t52-,54-,55+,56-/m1/s1. The Morgan fingerprint density at radius 3 is 1.26 bits per heavy atom. The zero-order valence-corrected chi connectivity index (χ0v) is 39.0. The predicted octanol–water partition coefficient (Wildman–Crippen LogP) is 15.0. The number of hydrogen-bond acceptors (Lipinski definition) is 3. The summed E-state index contributed by atoms with van der Waals surface area (Å²) in [5.41, 5.74) is 24.3. The summed E-state index contributed by atoms with van der Waals surface area (Å²) < 4.78 is 0. The van der Waals surface area contributed by atoms with Gasteiger partial charge >= 0.3 is 0 Å². The molecule has 5 heteroatoms. The average molecular weight is 848 g/mol. The van der Waals surface area contributed by atoms with Gasteiger partial charge in [-0.05, 0) is 109 Å². The molecule has 0 radical (unpaired) electrons. The molecule has 1 fully saturated rings. The fraction of sp³-hybridized carbons (Fsp3) is 0.267. The van der Waals surface area contributed by atoms with Crippen molar-refractivity contribution in [2.45, 2.75) is 96.6 Å². The summed E-state index contributed by atoms with van der Waals surface area (Å²) in [5.74, 6) is 0.512. The van der Waals surface area contributed by atoms with E-state index < -0.39 is 0 Å². The number of aromatic amines is 2. The lowest BCUT2D eigenvalue weighted by molar-refractivity contribution is 0.532. The van der Waals surface area contributed by atoms with Crippen LogP contribution in [-0.4, -0.2) is 19.9 Å². The fourth-order valence-corrected chi connectivity index (χ4v) is 11.4. The lowest BCUT2D eigenvalue weighted by Gasteiger charge is -2.26. The molecule has 0 unspecified atom stereocenters. The summed E-state index contributed by atoms with van der Waals surface area (Å²) in [6, 6.07) is 45.9. The number of fused-ring (bicyclic) bond motifs is 18. The third-order valence-electron chi connectivity index (χ3n) is 14.9. The SMILES string of the molecule is CC(C)(C)c1ccc(-c2c3nc(c(-c4ccc(C(C)(C)C)cc4)c4ccc([nH]4)c4c5nc(c(-c6ccc(C(C)(C)C)cc6)c6ccc2[nH]6)C=C5[C@@H]2[C@H]4[C@@H]4N[C@H]2c2ccccc24)C=C3)cc1. The summed E-state index contributed by atoms with van der Waals surface area (Å²) in [4.78, 5) is 19.4.